The van der Waals surface area contributed by atoms with E-state index in [-0.39, 0.29) is 17.9 Å². The molecule has 27 heavy (non-hydrogen) atoms. The Hall–Kier alpha value is -0.570. The molecule has 4 atom stereocenters. The molecule has 1 fully saturated rings. The minimum Gasteiger partial charge on any atom is -0.481 e. The van der Waals surface area contributed by atoms with Crippen LogP contribution in [0.25, 0.3) is 0 Å². The van der Waals surface area contributed by atoms with Crippen molar-refractivity contribution in [3.8, 4) is 0 Å². The van der Waals surface area contributed by atoms with E-state index in [2.05, 4.69) is 20.8 Å². The number of unbranched alkanes of at least 4 members (excludes halogenated alkanes) is 12. The van der Waals surface area contributed by atoms with Crippen LogP contribution in [-0.4, -0.2) is 23.8 Å². The first-order valence-corrected chi connectivity index (χ1v) is 12.0. The molecule has 0 spiro atoms. The fourth-order valence-corrected chi connectivity index (χ4v) is 4.46. The SMILES string of the molecule is CCCCCCCCCCCCCCCC(C)C(C(=O)O)C1OCC1CC. The molecule has 1 rings (SSSR count). The zero-order valence-electron chi connectivity index (χ0n) is 18.4. The first kappa shape index (κ1) is 24.5. The number of hydrogen-bond acceptors (Lipinski definition) is 2. The summed E-state index contributed by atoms with van der Waals surface area (Å²) in [6.07, 6.45) is 19.6. The van der Waals surface area contributed by atoms with Crippen molar-refractivity contribution in [2.24, 2.45) is 17.8 Å². The first-order valence-electron chi connectivity index (χ1n) is 12.0. The van der Waals surface area contributed by atoms with Crippen molar-refractivity contribution in [2.45, 2.75) is 123 Å². The highest BCUT2D eigenvalue weighted by molar-refractivity contribution is 5.71. The Morgan fingerprint density at radius 2 is 1.37 bits per heavy atom. The van der Waals surface area contributed by atoms with Crippen LogP contribution in [0.5, 0.6) is 0 Å². The summed E-state index contributed by atoms with van der Waals surface area (Å²) in [6.45, 7) is 7.26. The highest BCUT2D eigenvalue weighted by Crippen LogP contribution is 2.35. The molecule has 0 amide bonds. The summed E-state index contributed by atoms with van der Waals surface area (Å²) >= 11 is 0. The van der Waals surface area contributed by atoms with E-state index in [0.29, 0.717) is 5.92 Å². The lowest BCUT2D eigenvalue weighted by Crippen LogP contribution is -2.49. The lowest BCUT2D eigenvalue weighted by Gasteiger charge is -2.42. The van der Waals surface area contributed by atoms with Crippen molar-refractivity contribution >= 4 is 5.97 Å². The first-order chi connectivity index (χ1) is 13.1. The summed E-state index contributed by atoms with van der Waals surface area (Å²) in [5, 5.41) is 9.62. The van der Waals surface area contributed by atoms with E-state index in [0.717, 1.165) is 25.9 Å². The summed E-state index contributed by atoms with van der Waals surface area (Å²) in [6, 6.07) is 0. The molecule has 3 heteroatoms. The van der Waals surface area contributed by atoms with E-state index in [1.807, 2.05) is 0 Å². The smallest absolute Gasteiger partial charge is 0.309 e. The van der Waals surface area contributed by atoms with Crippen molar-refractivity contribution < 1.29 is 14.6 Å². The minimum atomic E-state index is -0.666. The van der Waals surface area contributed by atoms with Gasteiger partial charge in [0.25, 0.3) is 0 Å². The predicted molar refractivity (Wildman–Crippen MR) is 114 cm³/mol. The number of carbonyl (C=O) groups is 1. The molecule has 0 aliphatic carbocycles. The van der Waals surface area contributed by atoms with Crippen molar-refractivity contribution in [2.75, 3.05) is 6.61 Å². The largest absolute Gasteiger partial charge is 0.481 e. The van der Waals surface area contributed by atoms with Gasteiger partial charge in [-0.05, 0) is 18.8 Å². The molecule has 4 unspecified atom stereocenters. The third-order valence-corrected chi connectivity index (χ3v) is 6.51. The van der Waals surface area contributed by atoms with Gasteiger partial charge in [-0.3, -0.25) is 4.79 Å². The second-order valence-corrected chi connectivity index (χ2v) is 8.84. The monoisotopic (exact) mass is 382 g/mol. The Balaban J connectivity index is 1.98. The molecule has 0 bridgehead atoms. The molecule has 160 valence electrons. The Labute approximate surface area is 168 Å². The summed E-state index contributed by atoms with van der Waals surface area (Å²) in [4.78, 5) is 11.7. The summed E-state index contributed by atoms with van der Waals surface area (Å²) in [5.41, 5.74) is 0. The van der Waals surface area contributed by atoms with Gasteiger partial charge < -0.3 is 9.84 Å². The number of ether oxygens (including phenoxy) is 1. The predicted octanol–water partition coefficient (Wildman–Crippen LogP) is 7.23. The van der Waals surface area contributed by atoms with Crippen molar-refractivity contribution in [1.82, 2.24) is 0 Å². The highest BCUT2D eigenvalue weighted by Gasteiger charge is 2.43. The van der Waals surface area contributed by atoms with Crippen LogP contribution in [0.4, 0.5) is 0 Å². The fourth-order valence-electron chi connectivity index (χ4n) is 4.46. The highest BCUT2D eigenvalue weighted by atomic mass is 16.5. The average molecular weight is 383 g/mol. The van der Waals surface area contributed by atoms with Crippen molar-refractivity contribution in [3.63, 3.8) is 0 Å². The van der Waals surface area contributed by atoms with Crippen LogP contribution in [0.3, 0.4) is 0 Å². The maximum absolute atomic E-state index is 11.7. The van der Waals surface area contributed by atoms with E-state index in [4.69, 9.17) is 4.74 Å². The minimum absolute atomic E-state index is 0.0514. The molecule has 0 radical (unpaired) electrons. The van der Waals surface area contributed by atoms with Gasteiger partial charge in [0.1, 0.15) is 0 Å². The van der Waals surface area contributed by atoms with Gasteiger partial charge in [0, 0.05) is 5.92 Å². The van der Waals surface area contributed by atoms with Gasteiger partial charge in [-0.15, -0.1) is 0 Å². The van der Waals surface area contributed by atoms with Crippen molar-refractivity contribution in [1.29, 1.82) is 0 Å². The van der Waals surface area contributed by atoms with Crippen LogP contribution >= 0.6 is 0 Å². The van der Waals surface area contributed by atoms with E-state index < -0.39 is 5.97 Å². The fraction of sp³-hybridized carbons (Fsp3) is 0.958. The lowest BCUT2D eigenvalue weighted by atomic mass is 9.77. The molecule has 0 aromatic rings. The molecule has 1 aliphatic rings. The molecule has 0 aromatic carbocycles. The molecule has 1 N–H and O–H groups in total. The van der Waals surface area contributed by atoms with Gasteiger partial charge in [-0.1, -0.05) is 104 Å². The van der Waals surface area contributed by atoms with E-state index in [1.165, 1.54) is 77.0 Å². The van der Waals surface area contributed by atoms with Crippen LogP contribution in [-0.2, 0) is 9.53 Å². The van der Waals surface area contributed by atoms with Gasteiger partial charge in [-0.2, -0.15) is 0 Å². The second-order valence-electron chi connectivity index (χ2n) is 8.84. The zero-order valence-corrected chi connectivity index (χ0v) is 18.4. The number of carboxylic acids is 1. The Morgan fingerprint density at radius 3 is 1.74 bits per heavy atom. The maximum atomic E-state index is 11.7. The molecular weight excluding hydrogens is 336 g/mol. The van der Waals surface area contributed by atoms with Crippen LogP contribution in [0.1, 0.15) is 117 Å². The Bertz CT molecular complexity index is 367. The van der Waals surface area contributed by atoms with Gasteiger partial charge in [-0.25, -0.2) is 0 Å². The number of rotatable bonds is 18. The van der Waals surface area contributed by atoms with Crippen LogP contribution in [0, 0.1) is 17.8 Å². The number of aliphatic carboxylic acids is 1. The second kappa shape index (κ2) is 15.4. The Kier molecular flexibility index (Phi) is 13.9. The normalized spacial score (nSPS) is 21.6. The molecule has 1 saturated heterocycles. The summed E-state index contributed by atoms with van der Waals surface area (Å²) in [5.74, 6) is -0.323. The maximum Gasteiger partial charge on any atom is 0.309 e. The molecular formula is C24H46O3. The quantitative estimate of drug-likeness (QED) is 0.254. The van der Waals surface area contributed by atoms with E-state index in [1.54, 1.807) is 0 Å². The van der Waals surface area contributed by atoms with Crippen LogP contribution < -0.4 is 0 Å². The topological polar surface area (TPSA) is 46.5 Å². The van der Waals surface area contributed by atoms with Gasteiger partial charge >= 0.3 is 5.97 Å². The van der Waals surface area contributed by atoms with Gasteiger partial charge in [0.2, 0.25) is 0 Å². The standard InChI is InChI=1S/C24H46O3/c1-4-6-7-8-9-10-11-12-13-14-15-16-17-18-20(3)22(24(25)26)23-21(5-2)19-27-23/h20-23H,4-19H2,1-3H3,(H,25,26). The summed E-state index contributed by atoms with van der Waals surface area (Å²) < 4.78 is 5.62. The Morgan fingerprint density at radius 1 is 0.889 bits per heavy atom. The molecule has 0 aromatic heterocycles. The van der Waals surface area contributed by atoms with Gasteiger partial charge in [0.15, 0.2) is 0 Å². The number of carboxylic acid groups (broad SMARTS) is 1. The van der Waals surface area contributed by atoms with Gasteiger partial charge in [0.05, 0.1) is 18.6 Å². The average Bonchev–Trinajstić information content (AvgIpc) is 2.62. The third kappa shape index (κ3) is 9.96. The molecule has 1 aliphatic heterocycles. The van der Waals surface area contributed by atoms with Crippen LogP contribution in [0.2, 0.25) is 0 Å². The lowest BCUT2D eigenvalue weighted by molar-refractivity contribution is -0.179. The zero-order chi connectivity index (χ0) is 19.9. The molecule has 3 nitrogen and oxygen atoms in total. The van der Waals surface area contributed by atoms with Crippen LogP contribution in [0.15, 0.2) is 0 Å². The molecule has 0 saturated carbocycles. The third-order valence-electron chi connectivity index (χ3n) is 6.51. The van der Waals surface area contributed by atoms with E-state index in [9.17, 15) is 9.90 Å². The van der Waals surface area contributed by atoms with E-state index >= 15 is 0 Å². The van der Waals surface area contributed by atoms with Crippen molar-refractivity contribution in [3.05, 3.63) is 0 Å². The molecule has 1 heterocycles. The number of hydrogen-bond donors (Lipinski definition) is 1. The summed E-state index contributed by atoms with van der Waals surface area (Å²) in [7, 11) is 0.